The van der Waals surface area contributed by atoms with E-state index in [-0.39, 0.29) is 75.4 Å². The fraction of sp³-hybridized carbons (Fsp3) is 0.263. The van der Waals surface area contributed by atoms with Crippen molar-refractivity contribution in [2.24, 2.45) is 0 Å². The molecule has 10 nitrogen and oxygen atoms in total. The predicted octanol–water partition coefficient (Wildman–Crippen LogP) is -1.66. The summed E-state index contributed by atoms with van der Waals surface area (Å²) in [5.74, 6) is -2.22. The molecule has 32 heavy (non-hydrogen) atoms. The minimum absolute atomic E-state index is 0. The normalized spacial score (nSPS) is 12.8. The zero-order valence-electron chi connectivity index (χ0n) is 17.6. The summed E-state index contributed by atoms with van der Waals surface area (Å²) in [4.78, 5) is 25.3. The van der Waals surface area contributed by atoms with Gasteiger partial charge in [0.1, 0.15) is 5.82 Å². The van der Waals surface area contributed by atoms with Crippen LogP contribution in [0.3, 0.4) is 0 Å². The van der Waals surface area contributed by atoms with Crippen molar-refractivity contribution < 1.29 is 79.6 Å². The Hall–Kier alpha value is -1.74. The number of benzene rings is 1. The molecule has 0 aliphatic rings. The summed E-state index contributed by atoms with van der Waals surface area (Å²) in [6, 6.07) is 7.67. The molecule has 0 bridgehead atoms. The van der Waals surface area contributed by atoms with Crippen LogP contribution in [0.5, 0.6) is 0 Å². The van der Waals surface area contributed by atoms with Crippen molar-refractivity contribution in [3.63, 3.8) is 0 Å². The number of aryl methyl sites for hydroxylation is 1. The van der Waals surface area contributed by atoms with E-state index < -0.39 is 31.9 Å². The topological polar surface area (TPSA) is 154 Å². The molecule has 1 aromatic carbocycles. The van der Waals surface area contributed by atoms with Crippen LogP contribution in [0.15, 0.2) is 53.7 Å². The summed E-state index contributed by atoms with van der Waals surface area (Å²) < 4.78 is 37.3. The van der Waals surface area contributed by atoms with Crippen molar-refractivity contribution in [3.05, 3.63) is 65.1 Å². The predicted molar refractivity (Wildman–Crippen MR) is 108 cm³/mol. The van der Waals surface area contributed by atoms with Crippen molar-refractivity contribution >= 4 is 15.8 Å². The van der Waals surface area contributed by atoms with E-state index in [9.17, 15) is 27.5 Å². The largest absolute Gasteiger partial charge is 1.00 e. The van der Waals surface area contributed by atoms with Gasteiger partial charge in [0.05, 0.1) is 18.1 Å². The molecule has 3 rings (SSSR count). The maximum atomic E-state index is 14.7. The molecule has 13 heteroatoms. The third-order valence-corrected chi connectivity index (χ3v) is 7.02. The van der Waals surface area contributed by atoms with Crippen molar-refractivity contribution in [2.75, 3.05) is 6.26 Å². The molecule has 166 valence electrons. The summed E-state index contributed by atoms with van der Waals surface area (Å²) in [6.07, 6.45) is 4.42. The smallest absolute Gasteiger partial charge is 0.870 e. The number of aliphatic carboxylic acids is 1. The third-order valence-electron chi connectivity index (χ3n) is 5.01. The molecule has 1 atom stereocenters. The van der Waals surface area contributed by atoms with E-state index in [1.807, 2.05) is 0 Å². The van der Waals surface area contributed by atoms with Gasteiger partial charge in [-0.3, -0.25) is 9.59 Å². The Balaban J connectivity index is 0.00000256. The number of halogens is 1. The molecule has 2 heterocycles. The number of hydrogen-bond donors (Lipinski definition) is 1. The number of sulfone groups is 1. The number of carboxylic acids is 1. The van der Waals surface area contributed by atoms with Gasteiger partial charge in [-0.25, -0.2) is 12.8 Å². The van der Waals surface area contributed by atoms with Gasteiger partial charge in [0, 0.05) is 30.6 Å². The van der Waals surface area contributed by atoms with Crippen LogP contribution in [-0.2, 0) is 21.2 Å². The van der Waals surface area contributed by atoms with Crippen LogP contribution in [0.1, 0.15) is 13.3 Å². The first kappa shape index (κ1) is 28.3. The van der Waals surface area contributed by atoms with Crippen LogP contribution < -0.4 is 56.9 Å². The Morgan fingerprint density at radius 3 is 2.25 bits per heavy atom. The molecule has 0 unspecified atom stereocenters. The van der Waals surface area contributed by atoms with E-state index in [0.717, 1.165) is 30.0 Å². The zero-order valence-corrected chi connectivity index (χ0v) is 21.6. The van der Waals surface area contributed by atoms with Gasteiger partial charge >= 0.3 is 57.4 Å². The van der Waals surface area contributed by atoms with Crippen molar-refractivity contribution in [1.29, 1.82) is 0 Å². The number of rotatable bonds is 7. The van der Waals surface area contributed by atoms with Gasteiger partial charge in [0.25, 0.3) is 5.56 Å². The van der Waals surface area contributed by atoms with Gasteiger partial charge in [-0.05, 0) is 31.0 Å². The number of carbonyl (C=O) groups is 1. The summed E-state index contributed by atoms with van der Waals surface area (Å²) in [5, 5.41) is 17.3. The van der Waals surface area contributed by atoms with Crippen molar-refractivity contribution in [1.82, 2.24) is 19.6 Å². The average molecular weight is 491 g/mol. The molecule has 0 spiro atoms. The second kappa shape index (κ2) is 10.9. The summed E-state index contributed by atoms with van der Waals surface area (Å²) >= 11 is 0. The van der Waals surface area contributed by atoms with Crippen LogP contribution in [0.2, 0.25) is 0 Å². The fourth-order valence-electron chi connectivity index (χ4n) is 2.85. The summed E-state index contributed by atoms with van der Waals surface area (Å²) in [5.41, 5.74) is 0.608. The SMILES string of the molecule is C[C@@](CCn1cc(F)c(-c2ccc(-n3nccn3)cc2)cc1=O)(C(=O)O)S(C)(=O)=O.[K+].[OH-]. The molecule has 0 saturated carbocycles. The van der Waals surface area contributed by atoms with Gasteiger partial charge in [0.2, 0.25) is 0 Å². The number of aromatic nitrogens is 4. The minimum atomic E-state index is -3.95. The maximum Gasteiger partial charge on any atom is 1.00 e. The van der Waals surface area contributed by atoms with E-state index in [2.05, 4.69) is 10.2 Å². The Labute approximate surface area is 225 Å². The first-order valence-corrected chi connectivity index (χ1v) is 10.7. The van der Waals surface area contributed by atoms with Gasteiger partial charge in [-0.1, -0.05) is 12.1 Å². The second-order valence-electron chi connectivity index (χ2n) is 6.99. The second-order valence-corrected chi connectivity index (χ2v) is 9.44. The summed E-state index contributed by atoms with van der Waals surface area (Å²) in [6.45, 7) is 0.798. The number of hydrogen-bond acceptors (Lipinski definition) is 7. The van der Waals surface area contributed by atoms with Gasteiger partial charge in [-0.15, -0.1) is 0 Å². The molecule has 0 aliphatic heterocycles. The fourth-order valence-corrected chi connectivity index (χ4v) is 3.63. The van der Waals surface area contributed by atoms with E-state index >= 15 is 0 Å². The third kappa shape index (κ3) is 5.78. The standard InChI is InChI=1S/C19H19FN4O5S.K.H2O/c1-19(18(26)27,30(2,28)29)7-10-23-12-16(20)15(11-17(23)25)13-3-5-14(6-4-13)24-21-8-9-22-24;;/h3-6,8-9,11-12H,7,10H2,1-2H3,(H,26,27);;1H2/q;+1;/p-1/t19-;;/m1../s1. The van der Waals surface area contributed by atoms with Gasteiger partial charge in [0.15, 0.2) is 14.6 Å². The van der Waals surface area contributed by atoms with E-state index in [4.69, 9.17) is 0 Å². The van der Waals surface area contributed by atoms with Crippen LogP contribution in [0.4, 0.5) is 4.39 Å². The van der Waals surface area contributed by atoms with E-state index in [1.54, 1.807) is 24.3 Å². The Morgan fingerprint density at radius 2 is 1.75 bits per heavy atom. The Kier molecular flexibility index (Phi) is 9.65. The first-order chi connectivity index (χ1) is 14.0. The van der Waals surface area contributed by atoms with Crippen LogP contribution in [0.25, 0.3) is 16.8 Å². The molecule has 0 radical (unpaired) electrons. The molecular formula is C19H20FKN4O6S. The molecule has 3 aromatic rings. The molecule has 0 saturated heterocycles. The Bertz CT molecular complexity index is 1250. The number of carboxylic acid groups (broad SMARTS) is 1. The Morgan fingerprint density at radius 1 is 1.19 bits per heavy atom. The maximum absolute atomic E-state index is 14.7. The quantitative estimate of drug-likeness (QED) is 0.386. The van der Waals surface area contributed by atoms with Crippen LogP contribution in [-0.4, -0.2) is 55.5 Å². The van der Waals surface area contributed by atoms with Crippen LogP contribution in [0, 0.1) is 5.82 Å². The monoisotopic (exact) mass is 490 g/mol. The van der Waals surface area contributed by atoms with Gasteiger partial charge in [-0.2, -0.15) is 15.0 Å². The first-order valence-electron chi connectivity index (χ1n) is 8.83. The molecule has 0 aliphatic carbocycles. The minimum Gasteiger partial charge on any atom is -0.870 e. The van der Waals surface area contributed by atoms with E-state index in [0.29, 0.717) is 11.3 Å². The molecule has 2 aromatic heterocycles. The number of pyridine rings is 1. The molecule has 2 N–H and O–H groups in total. The van der Waals surface area contributed by atoms with Gasteiger partial charge < -0.3 is 15.1 Å². The summed E-state index contributed by atoms with van der Waals surface area (Å²) in [7, 11) is -3.95. The van der Waals surface area contributed by atoms with E-state index in [1.165, 1.54) is 17.2 Å². The zero-order chi connectivity index (χ0) is 22.1. The average Bonchev–Trinajstić information content (AvgIpc) is 3.22. The molecular weight excluding hydrogens is 470 g/mol. The molecule has 0 fully saturated rings. The number of nitrogens with zero attached hydrogens (tertiary/aromatic N) is 4. The van der Waals surface area contributed by atoms with Crippen LogP contribution >= 0.6 is 0 Å². The van der Waals surface area contributed by atoms with Crippen molar-refractivity contribution in [3.8, 4) is 16.8 Å². The molecule has 0 amide bonds. The van der Waals surface area contributed by atoms with Crippen molar-refractivity contribution in [2.45, 2.75) is 24.6 Å².